The number of hydrogen-bond donors (Lipinski definition) is 0. The Bertz CT molecular complexity index is 2280. The van der Waals surface area contributed by atoms with Crippen LogP contribution in [0.1, 0.15) is 147 Å². The Kier molecular flexibility index (Phi) is 19.0. The van der Waals surface area contributed by atoms with Crippen LogP contribution >= 0.6 is 0 Å². The maximum Gasteiger partial charge on any atom is 0.126 e. The molecule has 0 aliphatic heterocycles. The van der Waals surface area contributed by atoms with Gasteiger partial charge in [0.05, 0.1) is 26.4 Å². The lowest BCUT2D eigenvalue weighted by Gasteiger charge is -2.24. The van der Waals surface area contributed by atoms with Crippen molar-refractivity contribution in [3.63, 3.8) is 0 Å². The Morgan fingerprint density at radius 3 is 1.00 bits per heavy atom. The summed E-state index contributed by atoms with van der Waals surface area (Å²) in [6.07, 6.45) is 19.6. The fraction of sp³-hybridized carbons (Fsp3) is 0.375. The van der Waals surface area contributed by atoms with Gasteiger partial charge in [-0.05, 0) is 156 Å². The van der Waals surface area contributed by atoms with E-state index in [0.717, 1.165) is 74.4 Å². The summed E-state index contributed by atoms with van der Waals surface area (Å²) in [5, 5.41) is 0. The summed E-state index contributed by atoms with van der Waals surface area (Å²) in [7, 11) is 0. The fourth-order valence-corrected chi connectivity index (χ4v) is 9.50. The van der Waals surface area contributed by atoms with Gasteiger partial charge in [0.25, 0.3) is 0 Å². The van der Waals surface area contributed by atoms with Crippen molar-refractivity contribution in [2.75, 3.05) is 26.4 Å². The monoisotopic (exact) mass is 909 g/mol. The third-order valence-corrected chi connectivity index (χ3v) is 13.1. The van der Waals surface area contributed by atoms with Gasteiger partial charge in [-0.3, -0.25) is 0 Å². The molecule has 356 valence electrons. The molecule has 0 spiro atoms. The first-order valence-corrected chi connectivity index (χ1v) is 25.8. The minimum absolute atomic E-state index is 0.632. The van der Waals surface area contributed by atoms with Gasteiger partial charge < -0.3 is 18.9 Å². The van der Waals surface area contributed by atoms with E-state index in [4.69, 9.17) is 18.9 Å². The number of fused-ring (bicyclic) bond motifs is 8. The smallest absolute Gasteiger partial charge is 0.126 e. The summed E-state index contributed by atoms with van der Waals surface area (Å²) in [5.41, 5.74) is 16.6. The highest BCUT2D eigenvalue weighted by molar-refractivity contribution is 5.71. The van der Waals surface area contributed by atoms with E-state index in [-0.39, 0.29) is 0 Å². The van der Waals surface area contributed by atoms with E-state index in [1.165, 1.54) is 104 Å². The lowest BCUT2D eigenvalue weighted by molar-refractivity contribution is 0.296. The van der Waals surface area contributed by atoms with E-state index in [1.54, 1.807) is 0 Å². The van der Waals surface area contributed by atoms with Gasteiger partial charge >= 0.3 is 0 Å². The molecule has 4 nitrogen and oxygen atoms in total. The van der Waals surface area contributed by atoms with Crippen LogP contribution in [0.2, 0.25) is 0 Å². The van der Waals surface area contributed by atoms with Crippen LogP contribution in [0.3, 0.4) is 0 Å². The Balaban J connectivity index is 1.44. The lowest BCUT2D eigenvalue weighted by Crippen LogP contribution is -2.10. The summed E-state index contributed by atoms with van der Waals surface area (Å²) in [5.74, 6) is 3.89. The van der Waals surface area contributed by atoms with E-state index in [1.807, 2.05) is 12.2 Å². The van der Waals surface area contributed by atoms with Crippen molar-refractivity contribution in [3.8, 4) is 45.3 Å². The minimum atomic E-state index is 0.632. The van der Waals surface area contributed by atoms with Crippen molar-refractivity contribution in [1.82, 2.24) is 0 Å². The first kappa shape index (κ1) is 49.9. The van der Waals surface area contributed by atoms with Gasteiger partial charge in [-0.15, -0.1) is 13.2 Å². The number of rotatable bonds is 24. The van der Waals surface area contributed by atoms with E-state index >= 15 is 0 Å². The predicted octanol–water partition coefficient (Wildman–Crippen LogP) is 16.9. The molecule has 0 heterocycles. The van der Waals surface area contributed by atoms with Gasteiger partial charge in [-0.1, -0.05) is 148 Å². The number of ether oxygens (including phenoxy) is 4. The molecule has 6 aromatic rings. The molecule has 0 saturated heterocycles. The molecule has 6 aromatic carbocycles. The first-order valence-electron chi connectivity index (χ1n) is 25.8. The molecule has 1 aliphatic rings. The van der Waals surface area contributed by atoms with E-state index < -0.39 is 0 Å². The zero-order valence-electron chi connectivity index (χ0n) is 41.7. The number of allylic oxidation sites excluding steroid dienone is 2. The van der Waals surface area contributed by atoms with Crippen LogP contribution in [-0.4, -0.2) is 26.4 Å². The van der Waals surface area contributed by atoms with Gasteiger partial charge in [-0.2, -0.15) is 0 Å². The van der Waals surface area contributed by atoms with Crippen LogP contribution in [0.15, 0.2) is 135 Å². The van der Waals surface area contributed by atoms with E-state index in [9.17, 15) is 0 Å². The average Bonchev–Trinajstić information content (AvgIpc) is 3.34. The van der Waals surface area contributed by atoms with Crippen molar-refractivity contribution >= 4 is 0 Å². The van der Waals surface area contributed by atoms with E-state index in [2.05, 4.69) is 150 Å². The number of benzene rings is 6. The second-order valence-electron chi connectivity index (χ2n) is 18.9. The molecule has 0 saturated carbocycles. The zero-order valence-corrected chi connectivity index (χ0v) is 41.7. The maximum absolute atomic E-state index is 7.06. The summed E-state index contributed by atoms with van der Waals surface area (Å²) >= 11 is 0. The maximum atomic E-state index is 7.06. The van der Waals surface area contributed by atoms with Crippen molar-refractivity contribution < 1.29 is 18.9 Å². The van der Waals surface area contributed by atoms with Crippen LogP contribution in [0.5, 0.6) is 23.0 Å². The van der Waals surface area contributed by atoms with Crippen LogP contribution in [0.4, 0.5) is 0 Å². The highest BCUT2D eigenvalue weighted by Gasteiger charge is 2.24. The highest BCUT2D eigenvalue weighted by Crippen LogP contribution is 2.42. The van der Waals surface area contributed by atoms with Crippen LogP contribution < -0.4 is 18.9 Å². The number of aryl methyl sites for hydroxylation is 2. The van der Waals surface area contributed by atoms with Crippen LogP contribution in [0, 0.1) is 13.8 Å². The Morgan fingerprint density at radius 1 is 0.368 bits per heavy atom. The molecule has 4 heteroatoms. The molecule has 1 aliphatic carbocycles. The number of para-hydroxylation sites is 2. The normalized spacial score (nSPS) is 12.1. The van der Waals surface area contributed by atoms with Gasteiger partial charge in [0.1, 0.15) is 23.0 Å². The second-order valence-corrected chi connectivity index (χ2v) is 18.9. The third-order valence-electron chi connectivity index (χ3n) is 13.1. The molecular weight excluding hydrogens is 833 g/mol. The van der Waals surface area contributed by atoms with Crippen LogP contribution in [0.25, 0.3) is 22.3 Å². The average molecular weight is 909 g/mol. The third kappa shape index (κ3) is 13.6. The number of unbranched alkanes of at least 4 members (excludes halogenated alkanes) is 8. The van der Waals surface area contributed by atoms with Crippen molar-refractivity contribution in [1.29, 1.82) is 0 Å². The molecular formula is C64H76O4. The van der Waals surface area contributed by atoms with Gasteiger partial charge in [-0.25, -0.2) is 0 Å². The molecule has 0 aromatic heterocycles. The standard InChI is InChI=1S/C64H76O4/c1-7-11-13-15-17-19-37-67-61-51-23-21-24-52(61)40-58-44-56(50-33-29-48(6)30-34-50)46-60(64(58)66-36-10-4)42-54-26-22-25-53(62(54)68-38-20-18-16-14-12-8-2)41-59-45-55(49-31-27-47(5)28-32-49)43-57(39-51)63(59)65-35-9-3/h7-8,21-34,43-46H,1-2,9-20,35-42H2,3-6H3. The Hall–Kier alpha value is -6.00. The molecule has 68 heavy (non-hydrogen) atoms. The lowest BCUT2D eigenvalue weighted by atomic mass is 9.88. The fourth-order valence-electron chi connectivity index (χ4n) is 9.50. The minimum Gasteiger partial charge on any atom is -0.493 e. The summed E-state index contributed by atoms with van der Waals surface area (Å²) in [6, 6.07) is 40.8. The molecule has 8 bridgehead atoms. The summed E-state index contributed by atoms with van der Waals surface area (Å²) in [4.78, 5) is 0. The van der Waals surface area contributed by atoms with E-state index in [0.29, 0.717) is 52.1 Å². The molecule has 0 N–H and O–H groups in total. The van der Waals surface area contributed by atoms with Gasteiger partial charge in [0.2, 0.25) is 0 Å². The largest absolute Gasteiger partial charge is 0.493 e. The van der Waals surface area contributed by atoms with Crippen molar-refractivity contribution in [2.24, 2.45) is 0 Å². The van der Waals surface area contributed by atoms with Crippen LogP contribution in [-0.2, 0) is 25.7 Å². The van der Waals surface area contributed by atoms with Crippen molar-refractivity contribution in [3.05, 3.63) is 190 Å². The van der Waals surface area contributed by atoms with Crippen molar-refractivity contribution in [2.45, 2.75) is 130 Å². The quantitative estimate of drug-likeness (QED) is 0.0447. The van der Waals surface area contributed by atoms with Gasteiger partial charge in [0.15, 0.2) is 0 Å². The molecule has 0 amide bonds. The Labute approximate surface area is 409 Å². The molecule has 0 radical (unpaired) electrons. The second kappa shape index (κ2) is 25.9. The van der Waals surface area contributed by atoms with Gasteiger partial charge in [0, 0.05) is 25.7 Å². The SMILES string of the molecule is C=CCCCCCCOc1c2cccc1Cc1cc(-c3ccc(C)cc3)cc(c1OCCC)Cc1cccc(c1OCCCCCCC=C)Cc1cc(-c3ccc(C)cc3)cc(c1OCCC)C2. The highest BCUT2D eigenvalue weighted by atomic mass is 16.5. The zero-order chi connectivity index (χ0) is 47.5. The topological polar surface area (TPSA) is 36.9 Å². The Morgan fingerprint density at radius 2 is 0.676 bits per heavy atom. The molecule has 0 unspecified atom stereocenters. The summed E-state index contributed by atoms with van der Waals surface area (Å²) in [6.45, 7) is 19.1. The summed E-state index contributed by atoms with van der Waals surface area (Å²) < 4.78 is 28.0. The predicted molar refractivity (Wildman–Crippen MR) is 286 cm³/mol. The molecule has 0 atom stereocenters. The molecule has 0 fully saturated rings. The molecule has 7 rings (SSSR count). The number of hydrogen-bond acceptors (Lipinski definition) is 4. The first-order chi connectivity index (χ1) is 33.4.